The summed E-state index contributed by atoms with van der Waals surface area (Å²) in [6.45, 7) is 4.25. The van der Waals surface area contributed by atoms with Crippen LogP contribution < -0.4 is 21.7 Å². The first-order valence-corrected chi connectivity index (χ1v) is 14.6. The van der Waals surface area contributed by atoms with Crippen molar-refractivity contribution in [2.24, 2.45) is 11.7 Å². The van der Waals surface area contributed by atoms with Gasteiger partial charge in [-0.05, 0) is 41.5 Å². The highest BCUT2D eigenvalue weighted by Crippen LogP contribution is 2.34. The Balaban J connectivity index is 1.35. The van der Waals surface area contributed by atoms with Gasteiger partial charge >= 0.3 is 0 Å². The second-order valence-electron chi connectivity index (χ2n) is 11.5. The van der Waals surface area contributed by atoms with Crippen molar-refractivity contribution < 1.29 is 14.4 Å². The summed E-state index contributed by atoms with van der Waals surface area (Å²) in [5, 5.41) is 10.3. The number of amides is 3. The van der Waals surface area contributed by atoms with Gasteiger partial charge in [-0.15, -0.1) is 0 Å². The topological polar surface area (TPSA) is 129 Å². The molecule has 3 amide bonds. The molecule has 0 bridgehead atoms. The van der Waals surface area contributed by atoms with Crippen molar-refractivity contribution in [1.82, 2.24) is 20.9 Å². The number of carbonyl (C=O) groups excluding carboxylic acids is 3. The van der Waals surface area contributed by atoms with Crippen molar-refractivity contribution in [2.45, 2.75) is 50.6 Å². The maximum absolute atomic E-state index is 13.9. The van der Waals surface area contributed by atoms with Gasteiger partial charge in [0, 0.05) is 35.5 Å². The molecule has 0 saturated carbocycles. The molecule has 0 saturated heterocycles. The normalized spacial score (nSPS) is 17.1. The lowest BCUT2D eigenvalue weighted by Gasteiger charge is -2.38. The molecule has 1 heterocycles. The van der Waals surface area contributed by atoms with E-state index >= 15 is 0 Å². The molecular formula is C34H39N5O3. The Bertz CT molecular complexity index is 1510. The predicted octanol–water partition coefficient (Wildman–Crippen LogP) is 3.56. The number of aryl methyl sites for hydroxylation is 1. The Morgan fingerprint density at radius 1 is 0.905 bits per heavy atom. The van der Waals surface area contributed by atoms with Crippen molar-refractivity contribution >= 4 is 28.6 Å². The predicted molar refractivity (Wildman–Crippen MR) is 165 cm³/mol. The molecule has 6 N–H and O–H groups in total. The third-order valence-corrected chi connectivity index (χ3v) is 8.29. The molecule has 1 aliphatic rings. The Morgan fingerprint density at radius 3 is 2.14 bits per heavy atom. The quantitative estimate of drug-likeness (QED) is 0.190. The summed E-state index contributed by atoms with van der Waals surface area (Å²) in [4.78, 5) is 43.1. The molecule has 4 aromatic rings. The monoisotopic (exact) mass is 565 g/mol. The lowest BCUT2D eigenvalue weighted by Crippen LogP contribution is -2.65. The maximum Gasteiger partial charge on any atom is 0.246 e. The van der Waals surface area contributed by atoms with Crippen LogP contribution in [0.5, 0.6) is 0 Å². The van der Waals surface area contributed by atoms with Crippen LogP contribution in [0.4, 0.5) is 0 Å². The third kappa shape index (κ3) is 6.24. The average Bonchev–Trinajstić information content (AvgIpc) is 3.36. The van der Waals surface area contributed by atoms with E-state index in [1.807, 2.05) is 74.5 Å². The molecule has 8 nitrogen and oxygen atoms in total. The number of hydrogen-bond acceptors (Lipinski definition) is 4. The molecular weight excluding hydrogens is 526 g/mol. The second kappa shape index (κ2) is 12.6. The molecule has 1 aliphatic carbocycles. The van der Waals surface area contributed by atoms with E-state index in [0.29, 0.717) is 25.8 Å². The van der Waals surface area contributed by atoms with E-state index in [-0.39, 0.29) is 24.3 Å². The number of aromatic nitrogens is 1. The number of primary amides is 1. The molecule has 218 valence electrons. The number of para-hydroxylation sites is 1. The minimum atomic E-state index is -1.22. The van der Waals surface area contributed by atoms with Crippen molar-refractivity contribution in [3.63, 3.8) is 0 Å². The average molecular weight is 566 g/mol. The van der Waals surface area contributed by atoms with Gasteiger partial charge in [0.1, 0.15) is 11.6 Å². The molecule has 0 radical (unpaired) electrons. The van der Waals surface area contributed by atoms with Gasteiger partial charge in [0.05, 0.1) is 6.54 Å². The number of hydrogen-bond donors (Lipinski definition) is 5. The second-order valence-corrected chi connectivity index (χ2v) is 11.5. The first-order chi connectivity index (χ1) is 20.3. The fourth-order valence-electron chi connectivity index (χ4n) is 6.04. The van der Waals surface area contributed by atoms with E-state index in [0.717, 1.165) is 33.3 Å². The smallest absolute Gasteiger partial charge is 0.246 e. The van der Waals surface area contributed by atoms with E-state index in [4.69, 9.17) is 5.73 Å². The van der Waals surface area contributed by atoms with Gasteiger partial charge in [-0.25, -0.2) is 0 Å². The molecule has 0 spiro atoms. The van der Waals surface area contributed by atoms with E-state index in [1.165, 1.54) is 0 Å². The summed E-state index contributed by atoms with van der Waals surface area (Å²) in [6.07, 6.45) is 1.28. The first kappa shape index (κ1) is 29.1. The summed E-state index contributed by atoms with van der Waals surface area (Å²) in [6, 6.07) is 27.5. The molecule has 0 fully saturated rings. The van der Waals surface area contributed by atoms with E-state index in [9.17, 15) is 14.4 Å². The van der Waals surface area contributed by atoms with Crippen molar-refractivity contribution in [3.05, 3.63) is 107 Å². The summed E-state index contributed by atoms with van der Waals surface area (Å²) < 4.78 is 0. The maximum atomic E-state index is 13.9. The van der Waals surface area contributed by atoms with Crippen LogP contribution >= 0.6 is 0 Å². The van der Waals surface area contributed by atoms with Gasteiger partial charge in [-0.3, -0.25) is 14.4 Å². The van der Waals surface area contributed by atoms with Crippen LogP contribution in [-0.2, 0) is 27.2 Å². The van der Waals surface area contributed by atoms with Crippen molar-refractivity contribution in [1.29, 1.82) is 0 Å². The van der Waals surface area contributed by atoms with Gasteiger partial charge < -0.3 is 26.7 Å². The van der Waals surface area contributed by atoms with Gasteiger partial charge in [-0.2, -0.15) is 0 Å². The third-order valence-electron chi connectivity index (χ3n) is 8.29. The van der Waals surface area contributed by atoms with Crippen LogP contribution in [0.15, 0.2) is 84.9 Å². The van der Waals surface area contributed by atoms with Gasteiger partial charge in [-0.1, -0.05) is 92.7 Å². The highest BCUT2D eigenvalue weighted by molar-refractivity contribution is 5.96. The van der Waals surface area contributed by atoms with Crippen LogP contribution in [-0.4, -0.2) is 47.4 Å². The van der Waals surface area contributed by atoms with Gasteiger partial charge in [0.2, 0.25) is 17.7 Å². The number of benzene rings is 3. The number of carbonyl (C=O) groups is 3. The van der Waals surface area contributed by atoms with Crippen LogP contribution in [0, 0.1) is 5.92 Å². The lowest BCUT2D eigenvalue weighted by molar-refractivity contribution is -0.136. The van der Waals surface area contributed by atoms with E-state index in [1.54, 1.807) is 0 Å². The Kier molecular flexibility index (Phi) is 8.73. The molecule has 42 heavy (non-hydrogen) atoms. The van der Waals surface area contributed by atoms with Gasteiger partial charge in [0.25, 0.3) is 0 Å². The number of fused-ring (bicyclic) bond motifs is 3. The SMILES string of the molecule is CC(C)[C@H](NC(=O)[C@@]1(NC(=O)CNCC(c2ccccc2)c2ccccc2)CCc2[nH]c3ccccc3c2C1)C(N)=O. The van der Waals surface area contributed by atoms with Crippen molar-refractivity contribution in [3.8, 4) is 0 Å². The Morgan fingerprint density at radius 2 is 1.52 bits per heavy atom. The zero-order valence-electron chi connectivity index (χ0n) is 24.2. The van der Waals surface area contributed by atoms with Crippen LogP contribution in [0.1, 0.15) is 48.6 Å². The zero-order valence-corrected chi connectivity index (χ0v) is 24.2. The highest BCUT2D eigenvalue weighted by Gasteiger charge is 2.45. The molecule has 2 atom stereocenters. The Hall–Kier alpha value is -4.43. The van der Waals surface area contributed by atoms with E-state index in [2.05, 4.69) is 45.2 Å². The molecule has 8 heteroatoms. The molecule has 0 unspecified atom stereocenters. The standard InChI is InChI=1S/C34H39N5O3/c1-22(2)31(32(35)41)38-33(42)34(18-17-29-26(19-34)25-15-9-10-16-28(25)37-29)39-30(40)21-36-20-27(23-11-5-3-6-12-23)24-13-7-4-8-14-24/h3-16,22,27,31,36-37H,17-21H2,1-2H3,(H2,35,41)(H,38,42)(H,39,40)/t31-,34+/m0/s1. The summed E-state index contributed by atoms with van der Waals surface area (Å²) in [5.41, 5.74) is 9.78. The number of rotatable bonds is 11. The summed E-state index contributed by atoms with van der Waals surface area (Å²) in [5.74, 6) is -1.41. The number of nitrogens with two attached hydrogens (primary N) is 1. The molecule has 5 rings (SSSR count). The highest BCUT2D eigenvalue weighted by atomic mass is 16.2. The summed E-state index contributed by atoms with van der Waals surface area (Å²) in [7, 11) is 0. The largest absolute Gasteiger partial charge is 0.368 e. The minimum Gasteiger partial charge on any atom is -0.368 e. The number of nitrogens with one attached hydrogen (secondary N) is 4. The fourth-order valence-corrected chi connectivity index (χ4v) is 6.04. The molecule has 3 aromatic carbocycles. The first-order valence-electron chi connectivity index (χ1n) is 14.6. The van der Waals surface area contributed by atoms with Crippen LogP contribution in [0.2, 0.25) is 0 Å². The van der Waals surface area contributed by atoms with Crippen LogP contribution in [0.3, 0.4) is 0 Å². The summed E-state index contributed by atoms with van der Waals surface area (Å²) >= 11 is 0. The van der Waals surface area contributed by atoms with Crippen LogP contribution in [0.25, 0.3) is 10.9 Å². The minimum absolute atomic E-state index is 0.0371. The zero-order chi connectivity index (χ0) is 29.7. The number of H-pyrrole nitrogens is 1. The van der Waals surface area contributed by atoms with E-state index < -0.39 is 23.4 Å². The molecule has 0 aliphatic heterocycles. The lowest BCUT2D eigenvalue weighted by atomic mass is 9.78. The van der Waals surface area contributed by atoms with Crippen molar-refractivity contribution in [2.75, 3.05) is 13.1 Å². The fraction of sp³-hybridized carbons (Fsp3) is 0.324. The van der Waals surface area contributed by atoms with Gasteiger partial charge in [0.15, 0.2) is 0 Å². The Labute approximate surface area is 246 Å². The number of aromatic amines is 1. The molecule has 1 aromatic heterocycles.